The summed E-state index contributed by atoms with van der Waals surface area (Å²) in [6.45, 7) is 0. The summed E-state index contributed by atoms with van der Waals surface area (Å²) in [7, 11) is 1.34. The van der Waals surface area contributed by atoms with Gasteiger partial charge in [0.05, 0.1) is 17.2 Å². The number of carboxylic acid groups (broad SMARTS) is 1. The zero-order valence-corrected chi connectivity index (χ0v) is 8.89. The van der Waals surface area contributed by atoms with E-state index in [2.05, 4.69) is 0 Å². The van der Waals surface area contributed by atoms with Gasteiger partial charge < -0.3 is 16.0 Å². The molecule has 0 atom stereocenters. The molecule has 78 valence electrons. The predicted molar refractivity (Wildman–Crippen MR) is 55.0 cm³/mol. The van der Waals surface area contributed by atoms with Gasteiger partial charge in [0.25, 0.3) is 0 Å². The first kappa shape index (κ1) is 13.0. The first-order valence-corrected chi connectivity index (χ1v) is 4.08. The van der Waals surface area contributed by atoms with Crippen molar-refractivity contribution in [2.75, 3.05) is 7.11 Å². The van der Waals surface area contributed by atoms with Gasteiger partial charge in [0.15, 0.2) is 5.75 Å². The second-order valence-electron chi connectivity index (χ2n) is 2.24. The molecule has 0 aromatic heterocycles. The minimum Gasteiger partial charge on any atom is -0.494 e. The number of aromatic carboxylic acids is 1. The standard InChI is InChI=1S/C8H6Cl2O3.H3N/c1-13-7-5(10)3-2-4(9)6(7)8(11)12;/h2-3H,1H3,(H,11,12);1H3. The molecule has 0 aliphatic rings. The third kappa shape index (κ3) is 2.29. The summed E-state index contributed by atoms with van der Waals surface area (Å²) in [6.07, 6.45) is 0. The van der Waals surface area contributed by atoms with Crippen molar-refractivity contribution in [1.29, 1.82) is 0 Å². The van der Waals surface area contributed by atoms with Gasteiger partial charge in [-0.25, -0.2) is 4.79 Å². The molecule has 0 saturated carbocycles. The van der Waals surface area contributed by atoms with E-state index in [-0.39, 0.29) is 27.5 Å². The van der Waals surface area contributed by atoms with E-state index in [9.17, 15) is 4.79 Å². The summed E-state index contributed by atoms with van der Waals surface area (Å²) in [5, 5.41) is 9.11. The summed E-state index contributed by atoms with van der Waals surface area (Å²) in [5.74, 6) is -1.08. The SMILES string of the molecule is COc1c(Cl)ccc(Cl)c1C(=O)O.N. The quantitative estimate of drug-likeness (QED) is 0.829. The number of benzene rings is 1. The fourth-order valence-corrected chi connectivity index (χ4v) is 1.40. The number of halogens is 2. The van der Waals surface area contributed by atoms with Gasteiger partial charge in [0, 0.05) is 0 Å². The molecule has 0 spiro atoms. The molecule has 0 saturated heterocycles. The molecule has 6 heteroatoms. The van der Waals surface area contributed by atoms with Gasteiger partial charge in [-0.1, -0.05) is 23.2 Å². The molecule has 4 N–H and O–H groups in total. The topological polar surface area (TPSA) is 81.5 Å². The number of hydrogen-bond donors (Lipinski definition) is 2. The number of carbonyl (C=O) groups is 1. The third-order valence-electron chi connectivity index (χ3n) is 1.48. The van der Waals surface area contributed by atoms with Crippen molar-refractivity contribution in [1.82, 2.24) is 6.15 Å². The molecule has 0 fully saturated rings. The van der Waals surface area contributed by atoms with Crippen LogP contribution in [0.3, 0.4) is 0 Å². The normalized spacial score (nSPS) is 9.07. The second-order valence-corrected chi connectivity index (χ2v) is 3.06. The zero-order valence-electron chi connectivity index (χ0n) is 7.38. The van der Waals surface area contributed by atoms with Crippen molar-refractivity contribution >= 4 is 29.2 Å². The van der Waals surface area contributed by atoms with Crippen LogP contribution in [0, 0.1) is 0 Å². The van der Waals surface area contributed by atoms with Gasteiger partial charge in [-0.15, -0.1) is 0 Å². The maximum atomic E-state index is 10.7. The van der Waals surface area contributed by atoms with Crippen molar-refractivity contribution in [3.05, 3.63) is 27.7 Å². The lowest BCUT2D eigenvalue weighted by Gasteiger charge is -2.07. The minimum absolute atomic E-state index is 0. The van der Waals surface area contributed by atoms with E-state index in [1.165, 1.54) is 19.2 Å². The van der Waals surface area contributed by atoms with Crippen LogP contribution in [0.4, 0.5) is 0 Å². The number of methoxy groups -OCH3 is 1. The summed E-state index contributed by atoms with van der Waals surface area (Å²) >= 11 is 11.4. The van der Waals surface area contributed by atoms with Crippen molar-refractivity contribution in [2.45, 2.75) is 0 Å². The van der Waals surface area contributed by atoms with Gasteiger partial charge in [0.1, 0.15) is 5.56 Å². The average molecular weight is 238 g/mol. The van der Waals surface area contributed by atoms with E-state index in [4.69, 9.17) is 33.0 Å². The number of carboxylic acids is 1. The molecule has 1 aromatic carbocycles. The monoisotopic (exact) mass is 237 g/mol. The van der Waals surface area contributed by atoms with E-state index in [0.29, 0.717) is 0 Å². The number of ether oxygens (including phenoxy) is 1. The highest BCUT2D eigenvalue weighted by Gasteiger charge is 2.17. The fraction of sp³-hybridized carbons (Fsp3) is 0.125. The van der Waals surface area contributed by atoms with Crippen LogP contribution in [0.1, 0.15) is 10.4 Å². The largest absolute Gasteiger partial charge is 0.494 e. The van der Waals surface area contributed by atoms with Crippen LogP contribution in [0.15, 0.2) is 12.1 Å². The molecule has 0 amide bonds. The highest BCUT2D eigenvalue weighted by molar-refractivity contribution is 6.36. The lowest BCUT2D eigenvalue weighted by Crippen LogP contribution is -2.01. The summed E-state index contributed by atoms with van der Waals surface area (Å²) < 4.78 is 4.82. The van der Waals surface area contributed by atoms with E-state index >= 15 is 0 Å². The van der Waals surface area contributed by atoms with Crippen molar-refractivity contribution in [2.24, 2.45) is 0 Å². The van der Waals surface area contributed by atoms with Gasteiger partial charge in [-0.2, -0.15) is 0 Å². The molecule has 1 rings (SSSR count). The molecule has 0 aliphatic heterocycles. The Morgan fingerprint density at radius 1 is 1.36 bits per heavy atom. The number of hydrogen-bond acceptors (Lipinski definition) is 3. The zero-order chi connectivity index (χ0) is 10.0. The Morgan fingerprint density at radius 3 is 2.21 bits per heavy atom. The predicted octanol–water partition coefficient (Wildman–Crippen LogP) is 2.86. The van der Waals surface area contributed by atoms with Gasteiger partial charge in [-0.3, -0.25) is 0 Å². The van der Waals surface area contributed by atoms with Crippen LogP contribution in [0.5, 0.6) is 5.75 Å². The molecular formula is C8H9Cl2NO3. The molecule has 0 aliphatic carbocycles. The Hall–Kier alpha value is -0.970. The van der Waals surface area contributed by atoms with Crippen LogP contribution in [0.2, 0.25) is 10.0 Å². The molecule has 0 bridgehead atoms. The van der Waals surface area contributed by atoms with Crippen LogP contribution in [0.25, 0.3) is 0 Å². The maximum absolute atomic E-state index is 10.7. The molecular weight excluding hydrogens is 229 g/mol. The fourth-order valence-electron chi connectivity index (χ4n) is 0.932. The molecule has 14 heavy (non-hydrogen) atoms. The highest BCUT2D eigenvalue weighted by atomic mass is 35.5. The van der Waals surface area contributed by atoms with Gasteiger partial charge in [-0.05, 0) is 12.1 Å². The average Bonchev–Trinajstić information content (AvgIpc) is 2.07. The molecule has 1 aromatic rings. The summed E-state index contributed by atoms with van der Waals surface area (Å²) in [4.78, 5) is 10.7. The van der Waals surface area contributed by atoms with Crippen LogP contribution < -0.4 is 10.9 Å². The van der Waals surface area contributed by atoms with Crippen LogP contribution in [-0.4, -0.2) is 18.2 Å². The lowest BCUT2D eigenvalue weighted by atomic mass is 10.2. The summed E-state index contributed by atoms with van der Waals surface area (Å²) in [6, 6.07) is 2.89. The Labute approximate surface area is 91.0 Å². The second kappa shape index (κ2) is 5.05. The Bertz CT molecular complexity index is 355. The maximum Gasteiger partial charge on any atom is 0.341 e. The van der Waals surface area contributed by atoms with Crippen LogP contribution in [-0.2, 0) is 0 Å². The molecule has 0 radical (unpaired) electrons. The molecule has 4 nitrogen and oxygen atoms in total. The van der Waals surface area contributed by atoms with E-state index in [0.717, 1.165) is 0 Å². The van der Waals surface area contributed by atoms with Gasteiger partial charge >= 0.3 is 5.97 Å². The molecule has 0 unspecified atom stereocenters. The van der Waals surface area contributed by atoms with Crippen LogP contribution >= 0.6 is 23.2 Å². The highest BCUT2D eigenvalue weighted by Crippen LogP contribution is 2.33. The van der Waals surface area contributed by atoms with Gasteiger partial charge in [0.2, 0.25) is 0 Å². The smallest absolute Gasteiger partial charge is 0.341 e. The van der Waals surface area contributed by atoms with Crippen molar-refractivity contribution < 1.29 is 14.6 Å². The summed E-state index contributed by atoms with van der Waals surface area (Å²) in [5.41, 5.74) is -0.114. The number of rotatable bonds is 2. The Kier molecular flexibility index (Phi) is 4.70. The first-order chi connectivity index (χ1) is 6.07. The minimum atomic E-state index is -1.16. The van der Waals surface area contributed by atoms with E-state index < -0.39 is 5.97 Å². The lowest BCUT2D eigenvalue weighted by molar-refractivity contribution is 0.0693. The van der Waals surface area contributed by atoms with Crippen molar-refractivity contribution in [3.8, 4) is 5.75 Å². The van der Waals surface area contributed by atoms with Crippen molar-refractivity contribution in [3.63, 3.8) is 0 Å². The Balaban J connectivity index is 0.00000169. The Morgan fingerprint density at radius 2 is 1.86 bits per heavy atom. The first-order valence-electron chi connectivity index (χ1n) is 3.33. The third-order valence-corrected chi connectivity index (χ3v) is 2.09. The molecule has 0 heterocycles. The van der Waals surface area contributed by atoms with E-state index in [1.807, 2.05) is 0 Å². The van der Waals surface area contributed by atoms with E-state index in [1.54, 1.807) is 0 Å².